The van der Waals surface area contributed by atoms with E-state index >= 15 is 0 Å². The van der Waals surface area contributed by atoms with Crippen LogP contribution in [0.4, 0.5) is 14.6 Å². The van der Waals surface area contributed by atoms with Crippen molar-refractivity contribution < 1.29 is 18.7 Å². The Morgan fingerprint density at radius 1 is 1.21 bits per heavy atom. The maximum absolute atomic E-state index is 13.6. The molecular formula is C19H25F2N5O2. The molecule has 0 radical (unpaired) electrons. The molecule has 0 saturated heterocycles. The number of hydrogen-bond acceptors (Lipinski definition) is 5. The lowest BCUT2D eigenvalue weighted by Crippen LogP contribution is -2.42. The van der Waals surface area contributed by atoms with Gasteiger partial charge < -0.3 is 15.7 Å². The van der Waals surface area contributed by atoms with E-state index in [4.69, 9.17) is 0 Å². The van der Waals surface area contributed by atoms with Crippen molar-refractivity contribution in [1.82, 2.24) is 19.9 Å². The topological polar surface area (TPSA) is 91.6 Å². The van der Waals surface area contributed by atoms with E-state index in [-0.39, 0.29) is 30.6 Å². The van der Waals surface area contributed by atoms with Crippen LogP contribution in [0.5, 0.6) is 0 Å². The van der Waals surface area contributed by atoms with Gasteiger partial charge in [0.05, 0.1) is 12.3 Å². The van der Waals surface area contributed by atoms with Gasteiger partial charge >= 0.3 is 0 Å². The fourth-order valence-electron chi connectivity index (χ4n) is 4.10. The molecule has 0 aliphatic heterocycles. The van der Waals surface area contributed by atoms with E-state index in [9.17, 15) is 18.7 Å². The number of nitrogens with one attached hydrogen (secondary N) is 2. The third kappa shape index (κ3) is 4.24. The molecule has 2 aliphatic rings. The maximum atomic E-state index is 13.6. The van der Waals surface area contributed by atoms with E-state index in [0.717, 1.165) is 25.7 Å². The first kappa shape index (κ1) is 19.0. The van der Waals surface area contributed by atoms with Crippen LogP contribution in [0.15, 0.2) is 18.5 Å². The number of aliphatic hydroxyl groups excluding tert-OH is 1. The predicted molar refractivity (Wildman–Crippen MR) is 99.5 cm³/mol. The zero-order chi connectivity index (χ0) is 19.7. The third-order valence-corrected chi connectivity index (χ3v) is 5.64. The summed E-state index contributed by atoms with van der Waals surface area (Å²) >= 11 is 0. The van der Waals surface area contributed by atoms with Crippen molar-refractivity contribution in [3.8, 4) is 0 Å². The lowest BCUT2D eigenvalue weighted by Gasteiger charge is -2.29. The highest BCUT2D eigenvalue weighted by atomic mass is 19.3. The molecule has 0 spiro atoms. The first-order chi connectivity index (χ1) is 13.4. The van der Waals surface area contributed by atoms with E-state index in [1.807, 2.05) is 0 Å². The van der Waals surface area contributed by atoms with Crippen molar-refractivity contribution in [2.75, 3.05) is 5.32 Å². The summed E-state index contributed by atoms with van der Waals surface area (Å²) in [7, 11) is 0. The number of anilines is 1. The second-order valence-electron chi connectivity index (χ2n) is 7.91. The number of nitrogens with zero attached hydrogens (tertiary/aromatic N) is 3. The molecule has 2 fully saturated rings. The summed E-state index contributed by atoms with van der Waals surface area (Å²) in [5.41, 5.74) is 0.664. The molecule has 1 unspecified atom stereocenters. The van der Waals surface area contributed by atoms with Crippen molar-refractivity contribution >= 4 is 17.4 Å². The molecule has 2 aliphatic carbocycles. The molecular weight excluding hydrogens is 368 g/mol. The number of fused-ring (bicyclic) bond motifs is 1. The van der Waals surface area contributed by atoms with Crippen molar-refractivity contribution in [2.24, 2.45) is 0 Å². The van der Waals surface area contributed by atoms with Gasteiger partial charge in [0, 0.05) is 31.1 Å². The van der Waals surface area contributed by atoms with Crippen LogP contribution in [0.2, 0.25) is 0 Å². The summed E-state index contributed by atoms with van der Waals surface area (Å²) in [6, 6.07) is 1.47. The second kappa shape index (κ2) is 7.62. The summed E-state index contributed by atoms with van der Waals surface area (Å²) in [4.78, 5) is 17.1. The standard InChI is InChI=1S/C19H25F2N5O2/c20-19(21)8-1-2-13(10-19)24-18(28)15-11-22-26-9-7-16(25-17(15)26)23-12-3-5-14(27)6-4-12/h7,9,11-14,27H,1-6,8,10H2,(H,23,25)(H,24,28). The zero-order valence-corrected chi connectivity index (χ0v) is 15.6. The van der Waals surface area contributed by atoms with Gasteiger partial charge in [-0.05, 0) is 44.6 Å². The molecule has 28 heavy (non-hydrogen) atoms. The number of amides is 1. The number of halogens is 2. The van der Waals surface area contributed by atoms with E-state index in [1.54, 1.807) is 12.3 Å². The van der Waals surface area contributed by atoms with Gasteiger partial charge in [-0.25, -0.2) is 18.3 Å². The molecule has 4 rings (SSSR count). The SMILES string of the molecule is O=C(NC1CCCC(F)(F)C1)c1cnn2ccc(NC3CCC(O)CC3)nc12. The average molecular weight is 393 g/mol. The summed E-state index contributed by atoms with van der Waals surface area (Å²) in [5.74, 6) is -2.52. The van der Waals surface area contributed by atoms with Crippen molar-refractivity contribution in [1.29, 1.82) is 0 Å². The lowest BCUT2D eigenvalue weighted by atomic mass is 9.92. The maximum Gasteiger partial charge on any atom is 0.256 e. The molecule has 0 bridgehead atoms. The van der Waals surface area contributed by atoms with E-state index in [0.29, 0.717) is 24.3 Å². The quantitative estimate of drug-likeness (QED) is 0.743. The third-order valence-electron chi connectivity index (χ3n) is 5.64. The number of aromatic nitrogens is 3. The van der Waals surface area contributed by atoms with Gasteiger partial charge in [-0.15, -0.1) is 0 Å². The molecule has 9 heteroatoms. The van der Waals surface area contributed by atoms with Crippen molar-refractivity contribution in [2.45, 2.75) is 75.5 Å². The smallest absolute Gasteiger partial charge is 0.256 e. The first-order valence-corrected chi connectivity index (χ1v) is 9.87. The second-order valence-corrected chi connectivity index (χ2v) is 7.91. The number of hydrogen-bond donors (Lipinski definition) is 3. The van der Waals surface area contributed by atoms with Crippen LogP contribution < -0.4 is 10.6 Å². The van der Waals surface area contributed by atoms with Crippen molar-refractivity contribution in [3.05, 3.63) is 24.0 Å². The molecule has 2 aromatic rings. The Morgan fingerprint density at radius 3 is 2.75 bits per heavy atom. The monoisotopic (exact) mass is 393 g/mol. The molecule has 1 atom stereocenters. The Kier molecular flexibility index (Phi) is 5.18. The number of alkyl halides is 2. The minimum atomic E-state index is -2.72. The van der Waals surface area contributed by atoms with E-state index in [1.165, 1.54) is 10.7 Å². The minimum absolute atomic E-state index is 0.120. The molecule has 2 saturated carbocycles. The molecule has 1 amide bonds. The van der Waals surface area contributed by atoms with Gasteiger partial charge in [0.2, 0.25) is 5.92 Å². The number of rotatable bonds is 4. The Morgan fingerprint density at radius 2 is 2.00 bits per heavy atom. The highest BCUT2D eigenvalue weighted by Crippen LogP contribution is 2.33. The average Bonchev–Trinajstić information content (AvgIpc) is 3.06. The Labute approximate surface area is 161 Å². The fourth-order valence-corrected chi connectivity index (χ4v) is 4.10. The van der Waals surface area contributed by atoms with Gasteiger partial charge in [0.15, 0.2) is 5.65 Å². The summed E-state index contributed by atoms with van der Waals surface area (Å²) in [6.07, 6.45) is 6.63. The van der Waals surface area contributed by atoms with Crippen molar-refractivity contribution in [3.63, 3.8) is 0 Å². The van der Waals surface area contributed by atoms with Crippen LogP contribution in [0.25, 0.3) is 5.65 Å². The van der Waals surface area contributed by atoms with Gasteiger partial charge in [-0.2, -0.15) is 5.10 Å². The predicted octanol–water partition coefficient (Wildman–Crippen LogP) is 2.75. The Bertz CT molecular complexity index is 848. The highest BCUT2D eigenvalue weighted by Gasteiger charge is 2.37. The van der Waals surface area contributed by atoms with E-state index < -0.39 is 17.9 Å². The normalized spacial score (nSPS) is 27.5. The number of carbonyl (C=O) groups is 1. The van der Waals surface area contributed by atoms with Crippen LogP contribution in [-0.2, 0) is 0 Å². The number of aliphatic hydroxyl groups is 1. The molecule has 2 aromatic heterocycles. The molecule has 0 aromatic carbocycles. The highest BCUT2D eigenvalue weighted by molar-refractivity contribution is 5.99. The van der Waals surface area contributed by atoms with Gasteiger partial charge in [-0.3, -0.25) is 4.79 Å². The van der Waals surface area contributed by atoms with Gasteiger partial charge in [0.25, 0.3) is 5.91 Å². The molecule has 3 N–H and O–H groups in total. The Balaban J connectivity index is 1.47. The minimum Gasteiger partial charge on any atom is -0.393 e. The van der Waals surface area contributed by atoms with Crippen LogP contribution >= 0.6 is 0 Å². The molecule has 2 heterocycles. The fraction of sp³-hybridized carbons (Fsp3) is 0.632. The van der Waals surface area contributed by atoms with Crippen LogP contribution in [-0.4, -0.2) is 49.7 Å². The summed E-state index contributed by atoms with van der Waals surface area (Å²) in [6.45, 7) is 0. The molecule has 152 valence electrons. The first-order valence-electron chi connectivity index (χ1n) is 9.87. The van der Waals surface area contributed by atoms with Crippen LogP contribution in [0.3, 0.4) is 0 Å². The zero-order valence-electron chi connectivity index (χ0n) is 15.6. The van der Waals surface area contributed by atoms with Crippen LogP contribution in [0.1, 0.15) is 61.7 Å². The van der Waals surface area contributed by atoms with Gasteiger partial charge in [-0.1, -0.05) is 0 Å². The van der Waals surface area contributed by atoms with Gasteiger partial charge in [0.1, 0.15) is 11.4 Å². The van der Waals surface area contributed by atoms with Crippen LogP contribution in [0, 0.1) is 0 Å². The molecule has 7 nitrogen and oxygen atoms in total. The number of carbonyl (C=O) groups excluding carboxylic acids is 1. The summed E-state index contributed by atoms with van der Waals surface area (Å²) < 4.78 is 28.7. The lowest BCUT2D eigenvalue weighted by molar-refractivity contribution is -0.0429. The van der Waals surface area contributed by atoms with E-state index in [2.05, 4.69) is 20.7 Å². The Hall–Kier alpha value is -2.29. The largest absolute Gasteiger partial charge is 0.393 e. The summed E-state index contributed by atoms with van der Waals surface area (Å²) in [5, 5.41) is 19.8.